The number of hydrogen-bond donors (Lipinski definition) is 0. The molecule has 0 saturated heterocycles. The van der Waals surface area contributed by atoms with Gasteiger partial charge in [0.25, 0.3) is 0 Å². The van der Waals surface area contributed by atoms with E-state index in [0.717, 1.165) is 62.5 Å². The summed E-state index contributed by atoms with van der Waals surface area (Å²) in [6.45, 7) is 11.1. The van der Waals surface area contributed by atoms with Crippen molar-refractivity contribution in [1.29, 1.82) is 0 Å². The zero-order valence-electron chi connectivity index (χ0n) is 25.3. The molecule has 7 heteroatoms. The fraction of sp³-hybridized carbons (Fsp3) is 0.500. The molecule has 7 nitrogen and oxygen atoms in total. The molecule has 0 heterocycles. The first-order chi connectivity index (χ1) is 19.7. The van der Waals surface area contributed by atoms with Gasteiger partial charge in [0.1, 0.15) is 11.5 Å². The lowest BCUT2D eigenvalue weighted by atomic mass is 9.91. The Morgan fingerprint density at radius 1 is 0.805 bits per heavy atom. The van der Waals surface area contributed by atoms with Crippen molar-refractivity contribution in [2.75, 3.05) is 19.8 Å². The van der Waals surface area contributed by atoms with Crippen molar-refractivity contribution < 1.29 is 33.3 Å². The van der Waals surface area contributed by atoms with Crippen LogP contribution in [0.3, 0.4) is 0 Å². The highest BCUT2D eigenvalue weighted by molar-refractivity contribution is 5.91. The molecule has 0 N–H and O–H groups in total. The molecule has 0 atom stereocenters. The molecule has 0 aliphatic heterocycles. The number of unbranched alkanes of at least 4 members (excludes halogenated alkanes) is 5. The Balaban J connectivity index is 1.65. The first-order valence-corrected chi connectivity index (χ1v) is 14.7. The highest BCUT2D eigenvalue weighted by Crippen LogP contribution is 2.23. The predicted octanol–water partition coefficient (Wildman–Crippen LogP) is 7.88. The van der Waals surface area contributed by atoms with Gasteiger partial charge in [0.05, 0.1) is 30.8 Å². The van der Waals surface area contributed by atoms with E-state index in [2.05, 4.69) is 0 Å². The minimum Gasteiger partial charge on any atom is -0.494 e. The van der Waals surface area contributed by atoms with E-state index in [1.54, 1.807) is 42.5 Å². The van der Waals surface area contributed by atoms with Gasteiger partial charge in [-0.1, -0.05) is 45.6 Å². The van der Waals surface area contributed by atoms with Crippen LogP contribution in [-0.4, -0.2) is 37.7 Å². The second kappa shape index (κ2) is 17.9. The van der Waals surface area contributed by atoms with Crippen LogP contribution < -0.4 is 9.47 Å². The molecule has 0 aliphatic carbocycles. The number of ether oxygens (including phenoxy) is 4. The fourth-order valence-corrected chi connectivity index (χ4v) is 3.76. The lowest BCUT2D eigenvalue weighted by Crippen LogP contribution is -2.26. The maximum atomic E-state index is 12.6. The van der Waals surface area contributed by atoms with Crippen molar-refractivity contribution in [3.8, 4) is 11.5 Å². The minimum atomic E-state index is -0.449. The van der Waals surface area contributed by atoms with Crippen LogP contribution in [0, 0.1) is 12.3 Å². The number of rotatable bonds is 18. The average molecular weight is 567 g/mol. The Morgan fingerprint density at radius 2 is 1.46 bits per heavy atom. The first-order valence-electron chi connectivity index (χ1n) is 14.7. The van der Waals surface area contributed by atoms with Crippen LogP contribution in [0.4, 0.5) is 0 Å². The quantitative estimate of drug-likeness (QED) is 0.0785. The fourth-order valence-electron chi connectivity index (χ4n) is 3.76. The van der Waals surface area contributed by atoms with Gasteiger partial charge in [-0.25, -0.2) is 9.59 Å². The normalized spacial score (nSPS) is 11.3. The SMILES string of the molecule is CCCOC(=O)/C=C/c1ccc(OC(=O)c2ccc(OCCCCCCCCOC(=O)C(C)(C)CC)cc2)c(C)c1. The van der Waals surface area contributed by atoms with Gasteiger partial charge in [-0.3, -0.25) is 4.79 Å². The number of benzene rings is 2. The van der Waals surface area contributed by atoms with Crippen LogP contribution in [-0.2, 0) is 19.1 Å². The third-order valence-corrected chi connectivity index (χ3v) is 6.83. The summed E-state index contributed by atoms with van der Waals surface area (Å²) >= 11 is 0. The molecule has 2 aromatic rings. The summed E-state index contributed by atoms with van der Waals surface area (Å²) in [5.74, 6) is 0.230. The molecule has 0 amide bonds. The van der Waals surface area contributed by atoms with Crippen molar-refractivity contribution in [2.45, 2.75) is 86.0 Å². The summed E-state index contributed by atoms with van der Waals surface area (Å²) < 4.78 is 21.8. The van der Waals surface area contributed by atoms with Gasteiger partial charge < -0.3 is 18.9 Å². The second-order valence-electron chi connectivity index (χ2n) is 10.8. The number of carbonyl (C=O) groups is 3. The second-order valence-corrected chi connectivity index (χ2v) is 10.8. The Labute approximate surface area is 245 Å². The summed E-state index contributed by atoms with van der Waals surface area (Å²) in [6.07, 6.45) is 10.8. The summed E-state index contributed by atoms with van der Waals surface area (Å²) in [4.78, 5) is 36.2. The molecule has 0 aromatic heterocycles. The first kappa shape index (κ1) is 33.6. The molecule has 0 spiro atoms. The van der Waals surface area contributed by atoms with E-state index in [-0.39, 0.29) is 11.9 Å². The Kier molecular flexibility index (Phi) is 14.7. The van der Waals surface area contributed by atoms with Crippen LogP contribution in [0.15, 0.2) is 48.5 Å². The van der Waals surface area contributed by atoms with Crippen LogP contribution in [0.5, 0.6) is 11.5 Å². The number of hydrogen-bond acceptors (Lipinski definition) is 7. The number of esters is 3. The van der Waals surface area contributed by atoms with E-state index in [4.69, 9.17) is 18.9 Å². The zero-order chi connectivity index (χ0) is 30.1. The largest absolute Gasteiger partial charge is 0.494 e. The molecular formula is C34H46O7. The van der Waals surface area contributed by atoms with Crippen LogP contribution >= 0.6 is 0 Å². The molecule has 224 valence electrons. The van der Waals surface area contributed by atoms with Crippen molar-refractivity contribution in [1.82, 2.24) is 0 Å². The van der Waals surface area contributed by atoms with E-state index >= 15 is 0 Å². The van der Waals surface area contributed by atoms with Gasteiger partial charge in [-0.05, 0) is 100 Å². The maximum absolute atomic E-state index is 12.6. The topological polar surface area (TPSA) is 88.1 Å². The molecule has 0 saturated carbocycles. The van der Waals surface area contributed by atoms with Gasteiger partial charge in [0.15, 0.2) is 0 Å². The molecule has 0 bridgehead atoms. The van der Waals surface area contributed by atoms with E-state index in [9.17, 15) is 14.4 Å². The molecule has 0 aliphatic rings. The van der Waals surface area contributed by atoms with E-state index in [1.165, 1.54) is 6.08 Å². The van der Waals surface area contributed by atoms with Gasteiger partial charge in [-0.15, -0.1) is 0 Å². The molecule has 0 unspecified atom stereocenters. The predicted molar refractivity (Wildman–Crippen MR) is 161 cm³/mol. The third-order valence-electron chi connectivity index (χ3n) is 6.83. The van der Waals surface area contributed by atoms with Crippen molar-refractivity contribution >= 4 is 24.0 Å². The van der Waals surface area contributed by atoms with Crippen molar-refractivity contribution in [2.24, 2.45) is 5.41 Å². The van der Waals surface area contributed by atoms with Crippen LogP contribution in [0.25, 0.3) is 6.08 Å². The highest BCUT2D eigenvalue weighted by atomic mass is 16.5. The summed E-state index contributed by atoms with van der Waals surface area (Å²) in [5, 5.41) is 0. The van der Waals surface area contributed by atoms with E-state index in [1.807, 2.05) is 40.7 Å². The number of carbonyl (C=O) groups excluding carboxylic acids is 3. The van der Waals surface area contributed by atoms with Gasteiger partial charge in [0, 0.05) is 6.08 Å². The molecular weight excluding hydrogens is 520 g/mol. The maximum Gasteiger partial charge on any atom is 0.343 e. The molecule has 2 rings (SSSR count). The van der Waals surface area contributed by atoms with Gasteiger partial charge in [0.2, 0.25) is 0 Å². The molecule has 0 radical (unpaired) electrons. The van der Waals surface area contributed by atoms with Crippen molar-refractivity contribution in [3.63, 3.8) is 0 Å². The lowest BCUT2D eigenvalue weighted by molar-refractivity contribution is -0.154. The average Bonchev–Trinajstić information content (AvgIpc) is 2.97. The highest BCUT2D eigenvalue weighted by Gasteiger charge is 2.26. The van der Waals surface area contributed by atoms with Crippen LogP contribution in [0.1, 0.15) is 101 Å². The number of aryl methyl sites for hydroxylation is 1. The monoisotopic (exact) mass is 566 g/mol. The minimum absolute atomic E-state index is 0.111. The third kappa shape index (κ3) is 12.6. The zero-order valence-corrected chi connectivity index (χ0v) is 25.3. The van der Waals surface area contributed by atoms with Gasteiger partial charge in [-0.2, -0.15) is 0 Å². The molecule has 41 heavy (non-hydrogen) atoms. The van der Waals surface area contributed by atoms with E-state index < -0.39 is 11.4 Å². The summed E-state index contributed by atoms with van der Waals surface area (Å²) in [7, 11) is 0. The van der Waals surface area contributed by atoms with Crippen molar-refractivity contribution in [3.05, 3.63) is 65.2 Å². The summed E-state index contributed by atoms with van der Waals surface area (Å²) in [6, 6.07) is 12.3. The van der Waals surface area contributed by atoms with E-state index in [0.29, 0.717) is 36.9 Å². The lowest BCUT2D eigenvalue weighted by Gasteiger charge is -2.20. The molecule has 0 fully saturated rings. The van der Waals surface area contributed by atoms with Crippen LogP contribution in [0.2, 0.25) is 0 Å². The Hall–Kier alpha value is -3.61. The Bertz CT molecular complexity index is 1130. The molecule has 2 aromatic carbocycles. The Morgan fingerprint density at radius 3 is 2.10 bits per heavy atom. The standard InChI is InChI=1S/C34H46O7/c1-6-22-39-31(35)21-15-27-14-20-30(26(3)25-27)41-32(36)28-16-18-29(19-17-28)38-23-12-10-8-9-11-13-24-40-33(37)34(4,5)7-2/h14-21,25H,6-13,22-24H2,1-5H3/b21-15+. The summed E-state index contributed by atoms with van der Waals surface area (Å²) in [5.41, 5.74) is 1.62. The smallest absolute Gasteiger partial charge is 0.343 e. The van der Waals surface area contributed by atoms with Gasteiger partial charge >= 0.3 is 17.9 Å².